The monoisotopic (exact) mass is 392 g/mol. The molecule has 1 heterocycles. The lowest BCUT2D eigenvalue weighted by Crippen LogP contribution is -2.40. The van der Waals surface area contributed by atoms with Gasteiger partial charge in [0.25, 0.3) is 0 Å². The first-order valence-electron chi connectivity index (χ1n) is 8.95. The van der Waals surface area contributed by atoms with Gasteiger partial charge in [0, 0.05) is 24.7 Å². The first-order valence-corrected chi connectivity index (χ1v) is 10.8. The van der Waals surface area contributed by atoms with Crippen LogP contribution in [-0.4, -0.2) is 33.0 Å². The predicted octanol–water partition coefficient (Wildman–Crippen LogP) is 3.84. The maximum absolute atomic E-state index is 12.5. The SMILES string of the molecule is Cc1ccc(S(=O)(=O)NCC2CCCN(Cc3ccc(Cl)cc3)C2)cc1. The number of nitrogens with zero attached hydrogens (tertiary/aromatic N) is 1. The van der Waals surface area contributed by atoms with E-state index in [-0.39, 0.29) is 0 Å². The molecule has 1 aliphatic rings. The van der Waals surface area contributed by atoms with Crippen molar-refractivity contribution in [1.29, 1.82) is 0 Å². The predicted molar refractivity (Wildman–Crippen MR) is 106 cm³/mol. The topological polar surface area (TPSA) is 49.4 Å². The van der Waals surface area contributed by atoms with E-state index in [1.807, 2.05) is 43.3 Å². The van der Waals surface area contributed by atoms with E-state index < -0.39 is 10.0 Å². The number of sulfonamides is 1. The largest absolute Gasteiger partial charge is 0.299 e. The molecule has 1 N–H and O–H groups in total. The van der Waals surface area contributed by atoms with Crippen LogP contribution in [0.3, 0.4) is 0 Å². The van der Waals surface area contributed by atoms with E-state index >= 15 is 0 Å². The minimum atomic E-state index is -3.44. The van der Waals surface area contributed by atoms with Crippen molar-refractivity contribution < 1.29 is 8.42 Å². The van der Waals surface area contributed by atoms with Crippen molar-refractivity contribution in [3.05, 3.63) is 64.7 Å². The van der Waals surface area contributed by atoms with Gasteiger partial charge in [0.15, 0.2) is 0 Å². The Balaban J connectivity index is 1.54. The molecule has 0 bridgehead atoms. The Morgan fingerprint density at radius 1 is 1.12 bits per heavy atom. The summed E-state index contributed by atoms with van der Waals surface area (Å²) in [5, 5.41) is 0.746. The zero-order valence-electron chi connectivity index (χ0n) is 15.0. The van der Waals surface area contributed by atoms with Crippen molar-refractivity contribution in [2.24, 2.45) is 5.92 Å². The minimum Gasteiger partial charge on any atom is -0.299 e. The molecule has 1 aliphatic heterocycles. The smallest absolute Gasteiger partial charge is 0.240 e. The van der Waals surface area contributed by atoms with Crippen molar-refractivity contribution in [1.82, 2.24) is 9.62 Å². The van der Waals surface area contributed by atoms with Gasteiger partial charge in [-0.1, -0.05) is 41.4 Å². The Kier molecular flexibility index (Phi) is 6.35. The quantitative estimate of drug-likeness (QED) is 0.812. The Bertz CT molecular complexity index is 820. The molecule has 4 nitrogen and oxygen atoms in total. The molecule has 1 saturated heterocycles. The first kappa shape index (κ1) is 19.4. The van der Waals surface area contributed by atoms with Gasteiger partial charge < -0.3 is 0 Å². The Morgan fingerprint density at radius 2 is 1.81 bits per heavy atom. The summed E-state index contributed by atoms with van der Waals surface area (Å²) in [4.78, 5) is 2.72. The molecular weight excluding hydrogens is 368 g/mol. The van der Waals surface area contributed by atoms with Crippen molar-refractivity contribution in [2.75, 3.05) is 19.6 Å². The highest BCUT2D eigenvalue weighted by Gasteiger charge is 2.22. The second-order valence-electron chi connectivity index (χ2n) is 7.03. The number of rotatable bonds is 6. The molecule has 0 amide bonds. The van der Waals surface area contributed by atoms with Gasteiger partial charge in [0.2, 0.25) is 10.0 Å². The summed E-state index contributed by atoms with van der Waals surface area (Å²) >= 11 is 5.94. The van der Waals surface area contributed by atoms with Crippen LogP contribution >= 0.6 is 11.6 Å². The van der Waals surface area contributed by atoms with Crippen LogP contribution in [0.1, 0.15) is 24.0 Å². The van der Waals surface area contributed by atoms with E-state index in [9.17, 15) is 8.42 Å². The van der Waals surface area contributed by atoms with E-state index in [1.165, 1.54) is 5.56 Å². The number of benzene rings is 2. The van der Waals surface area contributed by atoms with Crippen LogP contribution in [-0.2, 0) is 16.6 Å². The van der Waals surface area contributed by atoms with Crippen LogP contribution in [0.25, 0.3) is 0 Å². The number of piperidine rings is 1. The lowest BCUT2D eigenvalue weighted by atomic mass is 9.98. The van der Waals surface area contributed by atoms with E-state index in [1.54, 1.807) is 12.1 Å². The molecule has 6 heteroatoms. The highest BCUT2D eigenvalue weighted by molar-refractivity contribution is 7.89. The van der Waals surface area contributed by atoms with E-state index in [4.69, 9.17) is 11.6 Å². The standard InChI is InChI=1S/C20H25ClN2O2S/c1-16-4-10-20(11-5-16)26(24,25)22-13-18-3-2-12-23(15-18)14-17-6-8-19(21)9-7-17/h4-11,18,22H,2-3,12-15H2,1H3. The van der Waals surface area contributed by atoms with Gasteiger partial charge in [-0.25, -0.2) is 13.1 Å². The van der Waals surface area contributed by atoms with Gasteiger partial charge in [-0.05, 0) is 62.1 Å². The van der Waals surface area contributed by atoms with Gasteiger partial charge in [0.1, 0.15) is 0 Å². The van der Waals surface area contributed by atoms with Crippen molar-refractivity contribution in [3.8, 4) is 0 Å². The van der Waals surface area contributed by atoms with Gasteiger partial charge in [-0.2, -0.15) is 0 Å². The summed E-state index contributed by atoms with van der Waals surface area (Å²) in [6, 6.07) is 14.9. The van der Waals surface area contributed by atoms with Crippen molar-refractivity contribution in [2.45, 2.75) is 31.2 Å². The van der Waals surface area contributed by atoms with E-state index in [0.717, 1.165) is 43.1 Å². The molecule has 0 spiro atoms. The molecule has 26 heavy (non-hydrogen) atoms. The molecule has 1 unspecified atom stereocenters. The molecule has 0 radical (unpaired) electrons. The van der Waals surface area contributed by atoms with Crippen molar-refractivity contribution in [3.63, 3.8) is 0 Å². The first-order chi connectivity index (χ1) is 12.4. The fourth-order valence-electron chi connectivity index (χ4n) is 3.34. The Hall–Kier alpha value is -1.40. The normalized spacial score (nSPS) is 18.8. The molecule has 0 saturated carbocycles. The van der Waals surface area contributed by atoms with Crippen LogP contribution in [0.15, 0.2) is 53.4 Å². The summed E-state index contributed by atoms with van der Waals surface area (Å²) in [5.74, 6) is 0.330. The maximum atomic E-state index is 12.5. The third-order valence-electron chi connectivity index (χ3n) is 4.82. The molecular formula is C20H25ClN2O2S. The molecule has 1 fully saturated rings. The summed E-state index contributed by atoms with van der Waals surface area (Å²) in [7, 11) is -3.44. The summed E-state index contributed by atoms with van der Waals surface area (Å²) in [6.45, 7) is 5.25. The molecule has 140 valence electrons. The molecule has 2 aromatic rings. The second-order valence-corrected chi connectivity index (χ2v) is 9.24. The summed E-state index contributed by atoms with van der Waals surface area (Å²) < 4.78 is 27.7. The van der Waals surface area contributed by atoms with Crippen molar-refractivity contribution >= 4 is 21.6 Å². The zero-order chi connectivity index (χ0) is 18.6. The number of nitrogens with one attached hydrogen (secondary N) is 1. The maximum Gasteiger partial charge on any atom is 0.240 e. The highest BCUT2D eigenvalue weighted by atomic mass is 35.5. The third kappa shape index (κ3) is 5.30. The number of hydrogen-bond donors (Lipinski definition) is 1. The van der Waals surface area contributed by atoms with E-state index in [0.29, 0.717) is 17.4 Å². The Labute approximate surface area is 161 Å². The number of hydrogen-bond acceptors (Lipinski definition) is 3. The minimum absolute atomic E-state index is 0.330. The van der Waals surface area contributed by atoms with Crippen LogP contribution in [0.4, 0.5) is 0 Å². The second kappa shape index (κ2) is 8.53. The summed E-state index contributed by atoms with van der Waals surface area (Å²) in [6.07, 6.45) is 2.14. The fourth-order valence-corrected chi connectivity index (χ4v) is 4.58. The van der Waals surface area contributed by atoms with Crippen LogP contribution in [0.2, 0.25) is 5.02 Å². The number of halogens is 1. The average molecular weight is 393 g/mol. The molecule has 3 rings (SSSR count). The molecule has 0 aromatic heterocycles. The number of aryl methyl sites for hydroxylation is 1. The van der Waals surface area contributed by atoms with Crippen LogP contribution in [0.5, 0.6) is 0 Å². The van der Waals surface area contributed by atoms with Gasteiger partial charge >= 0.3 is 0 Å². The Morgan fingerprint density at radius 3 is 2.50 bits per heavy atom. The van der Waals surface area contributed by atoms with Gasteiger partial charge in [-0.15, -0.1) is 0 Å². The fraction of sp³-hybridized carbons (Fsp3) is 0.400. The highest BCUT2D eigenvalue weighted by Crippen LogP contribution is 2.20. The third-order valence-corrected chi connectivity index (χ3v) is 6.51. The molecule has 0 aliphatic carbocycles. The average Bonchev–Trinajstić information content (AvgIpc) is 2.63. The van der Waals surface area contributed by atoms with Crippen LogP contribution < -0.4 is 4.72 Å². The molecule has 1 atom stereocenters. The van der Waals surface area contributed by atoms with E-state index in [2.05, 4.69) is 9.62 Å². The number of likely N-dealkylation sites (tertiary alicyclic amines) is 1. The zero-order valence-corrected chi connectivity index (χ0v) is 16.6. The van der Waals surface area contributed by atoms with Gasteiger partial charge in [-0.3, -0.25) is 4.90 Å². The lowest BCUT2D eigenvalue weighted by molar-refractivity contribution is 0.169. The van der Waals surface area contributed by atoms with Gasteiger partial charge in [0.05, 0.1) is 4.90 Å². The van der Waals surface area contributed by atoms with Crippen LogP contribution in [0, 0.1) is 12.8 Å². The molecule has 2 aromatic carbocycles. The lowest BCUT2D eigenvalue weighted by Gasteiger charge is -2.32. The summed E-state index contributed by atoms with van der Waals surface area (Å²) in [5.41, 5.74) is 2.28.